The van der Waals surface area contributed by atoms with Crippen molar-refractivity contribution in [3.8, 4) is 5.69 Å². The van der Waals surface area contributed by atoms with Crippen LogP contribution < -0.4 is 4.90 Å². The van der Waals surface area contributed by atoms with Gasteiger partial charge < -0.3 is 9.80 Å². The first-order valence-electron chi connectivity index (χ1n) is 10.5. The number of anilines is 1. The number of aryl methyl sites for hydroxylation is 2. The summed E-state index contributed by atoms with van der Waals surface area (Å²) in [6, 6.07) is 6.11. The molecule has 0 aliphatic carbocycles. The Morgan fingerprint density at radius 2 is 1.71 bits per heavy atom. The van der Waals surface area contributed by atoms with E-state index in [1.54, 1.807) is 6.07 Å². The van der Waals surface area contributed by atoms with E-state index in [9.17, 15) is 9.18 Å². The van der Waals surface area contributed by atoms with E-state index in [1.807, 2.05) is 24.8 Å². The number of aromatic nitrogens is 5. The van der Waals surface area contributed by atoms with Gasteiger partial charge in [0.2, 0.25) is 5.95 Å². The predicted molar refractivity (Wildman–Crippen MR) is 113 cm³/mol. The molecule has 8 nitrogen and oxygen atoms in total. The summed E-state index contributed by atoms with van der Waals surface area (Å²) < 4.78 is 14.0. The fourth-order valence-electron chi connectivity index (χ4n) is 4.73. The van der Waals surface area contributed by atoms with Crippen LogP contribution in [0.3, 0.4) is 0 Å². The predicted octanol–water partition coefficient (Wildman–Crippen LogP) is 2.41. The molecule has 2 aliphatic rings. The molecular formula is C22H24FN7O. The van der Waals surface area contributed by atoms with Crippen LogP contribution >= 0.6 is 0 Å². The molecular weight excluding hydrogens is 397 g/mol. The highest BCUT2D eigenvalue weighted by atomic mass is 19.1. The van der Waals surface area contributed by atoms with Crippen LogP contribution in [-0.4, -0.2) is 61.9 Å². The van der Waals surface area contributed by atoms with Crippen molar-refractivity contribution < 1.29 is 9.18 Å². The number of hydrogen-bond donors (Lipinski definition) is 0. The fraction of sp³-hybridized carbons (Fsp3) is 0.409. The third-order valence-electron chi connectivity index (χ3n) is 6.16. The number of amides is 1. The first kappa shape index (κ1) is 19.6. The quantitative estimate of drug-likeness (QED) is 0.646. The maximum absolute atomic E-state index is 14.0. The van der Waals surface area contributed by atoms with E-state index < -0.39 is 5.82 Å². The van der Waals surface area contributed by atoms with Crippen LogP contribution in [0.2, 0.25) is 0 Å². The lowest BCUT2D eigenvalue weighted by Gasteiger charge is -2.34. The number of carbonyl (C=O) groups excluding carboxylic acids is 1. The number of carbonyl (C=O) groups is 1. The van der Waals surface area contributed by atoms with E-state index in [-0.39, 0.29) is 11.5 Å². The Labute approximate surface area is 179 Å². The molecule has 2 aromatic heterocycles. The monoisotopic (exact) mass is 421 g/mol. The standard InChI is InChI=1S/C22H24FN7O/c1-14-9-15(2)27-22(26-14)28-8-5-16-11-29(13-17(16)12-28)21(31)19-10-18(23)3-4-20(19)30-24-6-7-25-30/h3-4,6-7,9-10,16-17H,5,8,11-13H2,1-2H3/t16-,17+/m0/s1. The van der Waals surface area contributed by atoms with Gasteiger partial charge in [0.25, 0.3) is 5.91 Å². The van der Waals surface area contributed by atoms with Crippen molar-refractivity contribution in [2.45, 2.75) is 20.3 Å². The Kier molecular flexibility index (Phi) is 4.88. The molecule has 0 spiro atoms. The molecule has 2 aliphatic heterocycles. The van der Waals surface area contributed by atoms with Crippen molar-refractivity contribution in [1.82, 2.24) is 29.9 Å². The van der Waals surface area contributed by atoms with E-state index in [2.05, 4.69) is 25.1 Å². The molecule has 0 N–H and O–H groups in total. The van der Waals surface area contributed by atoms with Gasteiger partial charge in [0.15, 0.2) is 0 Å². The summed E-state index contributed by atoms with van der Waals surface area (Å²) in [7, 11) is 0. The summed E-state index contributed by atoms with van der Waals surface area (Å²) in [5, 5.41) is 8.22. The van der Waals surface area contributed by atoms with Crippen LogP contribution in [0.25, 0.3) is 5.69 Å². The third kappa shape index (κ3) is 3.75. The molecule has 0 radical (unpaired) electrons. The topological polar surface area (TPSA) is 80.0 Å². The Hall–Kier alpha value is -3.36. The maximum Gasteiger partial charge on any atom is 0.256 e. The average molecular weight is 421 g/mol. The molecule has 1 aromatic carbocycles. The van der Waals surface area contributed by atoms with E-state index in [1.165, 1.54) is 29.3 Å². The molecule has 2 fully saturated rings. The summed E-state index contributed by atoms with van der Waals surface area (Å²) in [6.07, 6.45) is 4.04. The summed E-state index contributed by atoms with van der Waals surface area (Å²) in [5.74, 6) is 0.884. The molecule has 4 heterocycles. The van der Waals surface area contributed by atoms with Crippen molar-refractivity contribution in [2.24, 2.45) is 11.8 Å². The molecule has 1 amide bonds. The Morgan fingerprint density at radius 3 is 2.45 bits per heavy atom. The highest BCUT2D eigenvalue weighted by Crippen LogP contribution is 2.34. The van der Waals surface area contributed by atoms with Crippen molar-refractivity contribution >= 4 is 11.9 Å². The highest BCUT2D eigenvalue weighted by molar-refractivity contribution is 5.98. The van der Waals surface area contributed by atoms with Gasteiger partial charge in [-0.15, -0.1) is 0 Å². The fourth-order valence-corrected chi connectivity index (χ4v) is 4.73. The van der Waals surface area contributed by atoms with E-state index in [0.29, 0.717) is 30.6 Å². The second-order valence-corrected chi connectivity index (χ2v) is 8.40. The van der Waals surface area contributed by atoms with Crippen molar-refractivity contribution in [3.05, 3.63) is 59.4 Å². The molecule has 2 saturated heterocycles. The zero-order valence-electron chi connectivity index (χ0n) is 17.6. The summed E-state index contributed by atoms with van der Waals surface area (Å²) in [4.78, 5) is 28.0. The lowest BCUT2D eigenvalue weighted by molar-refractivity contribution is 0.0783. The molecule has 5 rings (SSSR count). The summed E-state index contributed by atoms with van der Waals surface area (Å²) in [5.41, 5.74) is 2.68. The second-order valence-electron chi connectivity index (χ2n) is 8.40. The smallest absolute Gasteiger partial charge is 0.256 e. The Balaban J connectivity index is 1.35. The minimum absolute atomic E-state index is 0.185. The zero-order chi connectivity index (χ0) is 21.5. The lowest BCUT2D eigenvalue weighted by Crippen LogP contribution is -2.41. The van der Waals surface area contributed by atoms with Gasteiger partial charge in [0.1, 0.15) is 5.82 Å². The Bertz CT molecular complexity index is 1100. The minimum Gasteiger partial charge on any atom is -0.340 e. The number of piperidine rings is 1. The number of halogens is 1. The number of nitrogens with zero attached hydrogens (tertiary/aromatic N) is 7. The van der Waals surface area contributed by atoms with Crippen LogP contribution in [0.5, 0.6) is 0 Å². The van der Waals surface area contributed by atoms with Gasteiger partial charge >= 0.3 is 0 Å². The van der Waals surface area contributed by atoms with Crippen LogP contribution in [-0.2, 0) is 0 Å². The van der Waals surface area contributed by atoms with E-state index >= 15 is 0 Å². The van der Waals surface area contributed by atoms with Gasteiger partial charge in [-0.05, 0) is 56.4 Å². The van der Waals surface area contributed by atoms with Gasteiger partial charge in [-0.1, -0.05) is 0 Å². The average Bonchev–Trinajstić information content (AvgIpc) is 3.42. The molecule has 0 unspecified atom stereocenters. The van der Waals surface area contributed by atoms with Gasteiger partial charge in [-0.3, -0.25) is 4.79 Å². The van der Waals surface area contributed by atoms with Crippen LogP contribution in [0.4, 0.5) is 10.3 Å². The number of fused-ring (bicyclic) bond motifs is 1. The van der Waals surface area contributed by atoms with Crippen LogP contribution in [0.15, 0.2) is 36.7 Å². The van der Waals surface area contributed by atoms with Crippen molar-refractivity contribution in [3.63, 3.8) is 0 Å². The number of likely N-dealkylation sites (tertiary alicyclic amines) is 1. The normalized spacial score (nSPS) is 20.7. The van der Waals surface area contributed by atoms with Gasteiger partial charge in [-0.25, -0.2) is 14.4 Å². The molecule has 0 bridgehead atoms. The van der Waals surface area contributed by atoms with E-state index in [0.717, 1.165) is 36.8 Å². The molecule has 3 aromatic rings. The van der Waals surface area contributed by atoms with Crippen molar-refractivity contribution in [2.75, 3.05) is 31.1 Å². The zero-order valence-corrected chi connectivity index (χ0v) is 17.6. The maximum atomic E-state index is 14.0. The largest absolute Gasteiger partial charge is 0.340 e. The molecule has 160 valence electrons. The number of rotatable bonds is 3. The molecule has 2 atom stereocenters. The SMILES string of the molecule is Cc1cc(C)nc(N2CC[C@H]3CN(C(=O)c4cc(F)ccc4-n4nccn4)C[C@H]3C2)n1. The number of benzene rings is 1. The number of hydrogen-bond acceptors (Lipinski definition) is 6. The highest BCUT2D eigenvalue weighted by Gasteiger charge is 2.40. The first-order chi connectivity index (χ1) is 15.0. The summed E-state index contributed by atoms with van der Waals surface area (Å²) >= 11 is 0. The second kappa shape index (κ2) is 7.72. The minimum atomic E-state index is -0.450. The summed E-state index contributed by atoms with van der Waals surface area (Å²) in [6.45, 7) is 6.95. The van der Waals surface area contributed by atoms with E-state index in [4.69, 9.17) is 0 Å². The first-order valence-corrected chi connectivity index (χ1v) is 10.5. The Morgan fingerprint density at radius 1 is 1.00 bits per heavy atom. The van der Waals surface area contributed by atoms with Gasteiger partial charge in [-0.2, -0.15) is 15.0 Å². The molecule has 31 heavy (non-hydrogen) atoms. The van der Waals surface area contributed by atoms with Gasteiger partial charge in [0.05, 0.1) is 23.6 Å². The van der Waals surface area contributed by atoms with Crippen LogP contribution in [0, 0.1) is 31.5 Å². The molecule has 0 saturated carbocycles. The van der Waals surface area contributed by atoms with Crippen LogP contribution in [0.1, 0.15) is 28.2 Å². The third-order valence-corrected chi connectivity index (χ3v) is 6.16. The van der Waals surface area contributed by atoms with Gasteiger partial charge in [0, 0.05) is 37.6 Å². The lowest BCUT2D eigenvalue weighted by atomic mass is 9.89. The molecule has 9 heteroatoms. The van der Waals surface area contributed by atoms with Crippen molar-refractivity contribution in [1.29, 1.82) is 0 Å².